The number of benzene rings is 21. The van der Waals surface area contributed by atoms with Crippen molar-refractivity contribution in [1.82, 2.24) is 0 Å². The maximum Gasteiger partial charge on any atom is 0.346 e. The molecule has 0 heterocycles. The summed E-state index contributed by atoms with van der Waals surface area (Å²) in [6.07, 6.45) is 0. The van der Waals surface area contributed by atoms with Crippen LogP contribution in [0.1, 0.15) is 45.2 Å². The molecule has 0 radical (unpaired) electrons. The van der Waals surface area contributed by atoms with Gasteiger partial charge in [-0.15, -0.1) is 0 Å². The third-order valence-corrected chi connectivity index (χ3v) is 42.4. The van der Waals surface area contributed by atoms with Crippen molar-refractivity contribution in [3.05, 3.63) is 616 Å². The Morgan fingerprint density at radius 1 is 0.118 bits per heavy atom. The molecule has 0 aliphatic heterocycles. The van der Waals surface area contributed by atoms with Gasteiger partial charge in [0.1, 0.15) is 23.0 Å². The molecule has 4 nitrogen and oxygen atoms in total. The SMILES string of the molecule is c1ccc(-c2cc(C(c3ccc(C(c4ccc(O[Si](c5ccccc5)(c5ccccc5)c5ccccc5)c(-c5ccccc5)c4)c4ccc(O[Si](c5ccccc5)(c5ccccc5)c5ccccc5)c(-c5ccccc5)c4)cc3)c3ccc(O[Si](c4ccccc4)(c4ccccc4)c4ccccc4)c(-c4ccccc4)c3)ccc2O[Si](c2ccccc2)(c2ccccc2)c2ccccc2)cc1. The normalized spacial score (nSPS) is 11.7. The molecule has 0 N–H and O–H groups in total. The second-order valence-corrected chi connectivity index (χ2v) is 47.7. The Morgan fingerprint density at radius 2 is 0.235 bits per heavy atom. The molecule has 650 valence electrons. The van der Waals surface area contributed by atoms with Crippen molar-refractivity contribution in [3.8, 4) is 67.5 Å². The Labute approximate surface area is 802 Å². The van der Waals surface area contributed by atoms with Gasteiger partial charge in [0.15, 0.2) is 0 Å². The highest BCUT2D eigenvalue weighted by molar-refractivity contribution is 7.09. The van der Waals surface area contributed by atoms with Crippen molar-refractivity contribution in [1.29, 1.82) is 0 Å². The Hall–Kier alpha value is -16.3. The first-order chi connectivity index (χ1) is 67.4. The summed E-state index contributed by atoms with van der Waals surface area (Å²) >= 11 is 0. The van der Waals surface area contributed by atoms with Crippen LogP contribution in [-0.4, -0.2) is 33.3 Å². The van der Waals surface area contributed by atoms with Crippen LogP contribution in [0.2, 0.25) is 0 Å². The highest BCUT2D eigenvalue weighted by Gasteiger charge is 2.49. The zero-order valence-electron chi connectivity index (χ0n) is 75.2. The van der Waals surface area contributed by atoms with Crippen molar-refractivity contribution in [2.24, 2.45) is 0 Å². The lowest BCUT2D eigenvalue weighted by Crippen LogP contribution is -2.71. The van der Waals surface area contributed by atoms with Crippen molar-refractivity contribution < 1.29 is 17.7 Å². The standard InChI is InChI=1S/C128H98O4Si4/c1-17-49-97(50-18-1)119-93-103(85-89-123(119)129-133(107-57-25-5-26-58-107,108-59-27-6-28-60-108)109-61-29-7-30-62-109)127(104-86-90-124(120(94-104)98-51-19-2-20-52-98)130-134(110-63-31-8-32-64-110,111-65-33-9-34-66-111)112-67-35-10-36-68-112)101-81-83-102(84-82-101)128(105-87-91-125(121(95-105)99-53-21-3-22-54-99)131-135(113-69-37-11-38-70-113,114-71-39-12-40-72-114)115-73-41-13-42-74-115)106-88-92-126(122(96-106)100-55-23-4-24-56-100)132-136(116-75-43-14-44-76-116,117-77-45-15-46-78-117)118-79-47-16-48-80-118/h1-96,127-128H. The molecule has 0 aliphatic rings. The van der Waals surface area contributed by atoms with Crippen molar-refractivity contribution in [2.75, 3.05) is 0 Å². The zero-order chi connectivity index (χ0) is 91.2. The van der Waals surface area contributed by atoms with Crippen LogP contribution in [-0.2, 0) is 0 Å². The van der Waals surface area contributed by atoms with Crippen molar-refractivity contribution >= 4 is 95.5 Å². The Bertz CT molecular complexity index is 6240. The molecule has 0 aromatic heterocycles. The van der Waals surface area contributed by atoms with Crippen molar-refractivity contribution in [3.63, 3.8) is 0 Å². The van der Waals surface area contributed by atoms with Crippen LogP contribution >= 0.6 is 0 Å². The van der Waals surface area contributed by atoms with Crippen LogP contribution < -0.4 is 79.9 Å². The van der Waals surface area contributed by atoms with E-state index in [1.807, 2.05) is 0 Å². The topological polar surface area (TPSA) is 36.9 Å². The summed E-state index contributed by atoms with van der Waals surface area (Å²) in [6, 6.07) is 212. The summed E-state index contributed by atoms with van der Waals surface area (Å²) in [5, 5.41) is 13.6. The lowest BCUT2D eigenvalue weighted by atomic mass is 9.80. The molecule has 0 saturated carbocycles. The quantitative estimate of drug-likeness (QED) is 0.0332. The summed E-state index contributed by atoms with van der Waals surface area (Å²) < 4.78 is 33.0. The molecule has 0 unspecified atom stereocenters. The second kappa shape index (κ2) is 39.6. The van der Waals surface area contributed by atoms with Gasteiger partial charge in [0.25, 0.3) is 0 Å². The van der Waals surface area contributed by atoms with Gasteiger partial charge < -0.3 is 17.7 Å². The molecular formula is C128H98O4Si4. The van der Waals surface area contributed by atoms with E-state index in [9.17, 15) is 0 Å². The number of hydrogen-bond donors (Lipinski definition) is 0. The Balaban J connectivity index is 0.799. The first kappa shape index (κ1) is 86.4. The summed E-state index contributed by atoms with van der Waals surface area (Å²) in [5.41, 5.74) is 14.5. The van der Waals surface area contributed by atoms with Crippen LogP contribution in [0.3, 0.4) is 0 Å². The van der Waals surface area contributed by atoms with E-state index in [0.717, 1.165) is 163 Å². The first-order valence-electron chi connectivity index (χ1n) is 46.7. The maximum absolute atomic E-state index is 8.24. The molecule has 0 fully saturated rings. The van der Waals surface area contributed by atoms with Crippen molar-refractivity contribution in [2.45, 2.75) is 11.8 Å². The predicted molar refractivity (Wildman–Crippen MR) is 574 cm³/mol. The van der Waals surface area contributed by atoms with E-state index in [0.29, 0.717) is 0 Å². The van der Waals surface area contributed by atoms with Gasteiger partial charge in [-0.25, -0.2) is 0 Å². The van der Waals surface area contributed by atoms with Gasteiger partial charge in [-0.1, -0.05) is 534 Å². The molecule has 21 rings (SSSR count). The fraction of sp³-hybridized carbons (Fsp3) is 0.0156. The summed E-state index contributed by atoms with van der Waals surface area (Å²) in [7, 11) is -13.6. The minimum absolute atomic E-state index is 0.395. The molecule has 0 atom stereocenters. The van der Waals surface area contributed by atoms with Gasteiger partial charge in [-0.3, -0.25) is 0 Å². The van der Waals surface area contributed by atoms with Gasteiger partial charge in [0.05, 0.1) is 0 Å². The average molecular weight is 1810 g/mol. The van der Waals surface area contributed by atoms with Crippen LogP contribution in [0.25, 0.3) is 44.5 Å². The van der Waals surface area contributed by atoms with Crippen LogP contribution in [0.15, 0.2) is 582 Å². The van der Waals surface area contributed by atoms with E-state index in [-0.39, 0.29) is 0 Å². The van der Waals surface area contributed by atoms with Gasteiger partial charge >= 0.3 is 33.3 Å². The fourth-order valence-corrected chi connectivity index (χ4v) is 35.5. The smallest absolute Gasteiger partial charge is 0.346 e. The van der Waals surface area contributed by atoms with Gasteiger partial charge in [0, 0.05) is 34.1 Å². The summed E-state index contributed by atoms with van der Waals surface area (Å²) in [6.45, 7) is 0. The fourth-order valence-electron chi connectivity index (χ4n) is 20.1. The minimum atomic E-state index is -3.40. The largest absolute Gasteiger partial charge is 0.530 e. The van der Waals surface area contributed by atoms with E-state index in [1.54, 1.807) is 0 Å². The average Bonchev–Trinajstić information content (AvgIpc) is 0.751. The van der Waals surface area contributed by atoms with E-state index in [2.05, 4.69) is 582 Å². The Morgan fingerprint density at radius 3 is 0.368 bits per heavy atom. The molecule has 0 saturated heterocycles. The highest BCUT2D eigenvalue weighted by atomic mass is 28.4. The molecule has 0 spiro atoms. The summed E-state index contributed by atoms with van der Waals surface area (Å²) in [5.74, 6) is 2.35. The molecule has 8 heteroatoms. The molecule has 0 aliphatic carbocycles. The second-order valence-electron chi connectivity index (χ2n) is 34.5. The Kier molecular flexibility index (Phi) is 25.2. The highest BCUT2D eigenvalue weighted by Crippen LogP contribution is 2.47. The van der Waals surface area contributed by atoms with E-state index in [4.69, 9.17) is 17.7 Å². The van der Waals surface area contributed by atoms with E-state index >= 15 is 0 Å². The van der Waals surface area contributed by atoms with E-state index in [1.165, 1.54) is 0 Å². The molecule has 0 bridgehead atoms. The van der Waals surface area contributed by atoms with E-state index < -0.39 is 45.1 Å². The third kappa shape index (κ3) is 17.1. The monoisotopic (exact) mass is 1810 g/mol. The molecule has 21 aromatic carbocycles. The minimum Gasteiger partial charge on any atom is -0.530 e. The lowest BCUT2D eigenvalue weighted by Gasteiger charge is -2.35. The number of hydrogen-bond acceptors (Lipinski definition) is 4. The van der Waals surface area contributed by atoms with Crippen LogP contribution in [0.4, 0.5) is 0 Å². The van der Waals surface area contributed by atoms with Gasteiger partial charge in [-0.05, 0) is 166 Å². The molecule has 21 aromatic rings. The van der Waals surface area contributed by atoms with Gasteiger partial charge in [-0.2, -0.15) is 0 Å². The predicted octanol–water partition coefficient (Wildman–Crippen LogP) is 22.9. The van der Waals surface area contributed by atoms with Gasteiger partial charge in [0.2, 0.25) is 0 Å². The third-order valence-electron chi connectivity index (χ3n) is 26.5. The maximum atomic E-state index is 8.24. The lowest BCUT2D eigenvalue weighted by molar-refractivity contribution is 0.578. The van der Waals surface area contributed by atoms with Crippen LogP contribution in [0, 0.1) is 0 Å². The molecular weight excluding hydrogens is 1710 g/mol. The number of rotatable bonds is 30. The zero-order valence-corrected chi connectivity index (χ0v) is 79.2. The summed E-state index contributed by atoms with van der Waals surface area (Å²) in [4.78, 5) is 0. The molecule has 0 amide bonds. The van der Waals surface area contributed by atoms with Crippen LogP contribution in [0.5, 0.6) is 23.0 Å². The molecule has 136 heavy (non-hydrogen) atoms. The first-order valence-corrected chi connectivity index (χ1v) is 54.3.